The van der Waals surface area contributed by atoms with Crippen molar-refractivity contribution in [2.24, 2.45) is 5.92 Å². The zero-order chi connectivity index (χ0) is 21.1. The number of aliphatic hydroxyl groups is 1. The summed E-state index contributed by atoms with van der Waals surface area (Å²) >= 11 is 6.12. The number of hydrogen-bond acceptors (Lipinski definition) is 5. The summed E-state index contributed by atoms with van der Waals surface area (Å²) in [5.41, 5.74) is 2.96. The monoisotopic (exact) mass is 425 g/mol. The Hall–Kier alpha value is -2.41. The smallest absolute Gasteiger partial charge is 0.137 e. The molecule has 2 N–H and O–H groups in total. The number of anilines is 1. The van der Waals surface area contributed by atoms with E-state index in [9.17, 15) is 5.11 Å². The summed E-state index contributed by atoms with van der Waals surface area (Å²) in [6.45, 7) is 8.31. The van der Waals surface area contributed by atoms with Crippen LogP contribution in [0.2, 0.25) is 5.02 Å². The van der Waals surface area contributed by atoms with Gasteiger partial charge in [-0.3, -0.25) is 4.90 Å². The summed E-state index contributed by atoms with van der Waals surface area (Å²) in [4.78, 5) is 17.3. The zero-order valence-electron chi connectivity index (χ0n) is 17.4. The molecule has 2 atom stereocenters. The van der Waals surface area contributed by atoms with Crippen LogP contribution in [0.3, 0.4) is 0 Å². The van der Waals surface area contributed by atoms with E-state index < -0.39 is 0 Å². The molecule has 1 aromatic carbocycles. The third-order valence-electron chi connectivity index (χ3n) is 6.06. The highest BCUT2D eigenvalue weighted by Gasteiger charge is 2.25. The van der Waals surface area contributed by atoms with E-state index in [4.69, 9.17) is 11.6 Å². The second-order valence-corrected chi connectivity index (χ2v) is 8.42. The molecular formula is C23H28ClN5O. The van der Waals surface area contributed by atoms with E-state index in [-0.39, 0.29) is 12.5 Å². The van der Waals surface area contributed by atoms with E-state index in [0.717, 1.165) is 54.6 Å². The van der Waals surface area contributed by atoms with Gasteiger partial charge >= 0.3 is 0 Å². The van der Waals surface area contributed by atoms with Gasteiger partial charge in [-0.2, -0.15) is 0 Å². The Balaban J connectivity index is 1.47. The number of nitrogens with zero attached hydrogens (tertiary/aromatic N) is 4. The minimum atomic E-state index is 0.227. The summed E-state index contributed by atoms with van der Waals surface area (Å²) in [7, 11) is 0. The summed E-state index contributed by atoms with van der Waals surface area (Å²) in [5, 5.41) is 10.1. The molecule has 30 heavy (non-hydrogen) atoms. The number of aliphatic hydroxyl groups excluding tert-OH is 1. The molecule has 0 bridgehead atoms. The lowest BCUT2D eigenvalue weighted by Crippen LogP contribution is -2.51. The molecule has 3 heterocycles. The first-order chi connectivity index (χ1) is 14.5. The second-order valence-electron chi connectivity index (χ2n) is 7.98. The largest absolute Gasteiger partial charge is 0.396 e. The molecule has 0 spiro atoms. The molecule has 1 fully saturated rings. The average molecular weight is 426 g/mol. The van der Waals surface area contributed by atoms with Gasteiger partial charge in [0.15, 0.2) is 0 Å². The van der Waals surface area contributed by atoms with E-state index >= 15 is 0 Å². The van der Waals surface area contributed by atoms with Crippen molar-refractivity contribution in [3.63, 3.8) is 0 Å². The molecule has 0 radical (unpaired) electrons. The summed E-state index contributed by atoms with van der Waals surface area (Å²) in [5.74, 6) is 2.07. The van der Waals surface area contributed by atoms with E-state index in [1.54, 1.807) is 0 Å². The molecule has 1 aliphatic rings. The van der Waals surface area contributed by atoms with Crippen LogP contribution in [0.1, 0.15) is 13.8 Å². The fourth-order valence-corrected chi connectivity index (χ4v) is 4.07. The zero-order valence-corrected chi connectivity index (χ0v) is 18.2. The van der Waals surface area contributed by atoms with Crippen LogP contribution in [-0.4, -0.2) is 63.8 Å². The molecule has 0 amide bonds. The van der Waals surface area contributed by atoms with Crippen LogP contribution in [0.4, 0.5) is 5.82 Å². The van der Waals surface area contributed by atoms with Crippen LogP contribution >= 0.6 is 11.6 Å². The minimum absolute atomic E-state index is 0.227. The quantitative estimate of drug-likeness (QED) is 0.626. The number of imidazole rings is 1. The molecule has 2 unspecified atom stereocenters. The first kappa shape index (κ1) is 20.8. The Morgan fingerprint density at radius 2 is 1.87 bits per heavy atom. The third-order valence-corrected chi connectivity index (χ3v) is 6.29. The van der Waals surface area contributed by atoms with Gasteiger partial charge in [0.2, 0.25) is 0 Å². The summed E-state index contributed by atoms with van der Waals surface area (Å²) < 4.78 is 0. The van der Waals surface area contributed by atoms with Gasteiger partial charge < -0.3 is 15.0 Å². The van der Waals surface area contributed by atoms with Crippen molar-refractivity contribution in [2.45, 2.75) is 19.9 Å². The second kappa shape index (κ2) is 9.16. The maximum atomic E-state index is 9.43. The van der Waals surface area contributed by atoms with Gasteiger partial charge in [0.05, 0.1) is 11.9 Å². The van der Waals surface area contributed by atoms with Crippen molar-refractivity contribution in [1.29, 1.82) is 0 Å². The lowest BCUT2D eigenvalue weighted by Gasteiger charge is -2.40. The Kier molecular flexibility index (Phi) is 6.37. The van der Waals surface area contributed by atoms with E-state index in [1.165, 1.54) is 0 Å². The van der Waals surface area contributed by atoms with Crippen LogP contribution in [0.5, 0.6) is 0 Å². The molecular weight excluding hydrogens is 398 g/mol. The van der Waals surface area contributed by atoms with E-state index in [2.05, 4.69) is 44.7 Å². The minimum Gasteiger partial charge on any atom is -0.396 e. The highest BCUT2D eigenvalue weighted by atomic mass is 35.5. The lowest BCUT2D eigenvalue weighted by molar-refractivity contribution is 0.111. The SMILES string of the molecule is CC(CO)C(C)N1CCN(c2cc(-c3ncc(-c4cccc(Cl)c4)[nH]3)ccn2)CC1. The van der Waals surface area contributed by atoms with Crippen molar-refractivity contribution >= 4 is 17.4 Å². The van der Waals surface area contributed by atoms with E-state index in [1.807, 2.05) is 42.7 Å². The molecule has 158 valence electrons. The van der Waals surface area contributed by atoms with Crippen LogP contribution in [0.25, 0.3) is 22.6 Å². The highest BCUT2D eigenvalue weighted by Crippen LogP contribution is 2.26. The fraction of sp³-hybridized carbons (Fsp3) is 0.391. The number of aromatic amines is 1. The van der Waals surface area contributed by atoms with Crippen LogP contribution in [0, 0.1) is 5.92 Å². The van der Waals surface area contributed by atoms with Gasteiger partial charge in [0.25, 0.3) is 0 Å². The molecule has 0 saturated carbocycles. The Labute approximate surface area is 182 Å². The van der Waals surface area contributed by atoms with E-state index in [0.29, 0.717) is 11.1 Å². The number of hydrogen-bond donors (Lipinski definition) is 2. The number of pyridine rings is 1. The molecule has 1 aliphatic heterocycles. The maximum Gasteiger partial charge on any atom is 0.137 e. The van der Waals surface area contributed by atoms with Crippen molar-refractivity contribution < 1.29 is 5.11 Å². The van der Waals surface area contributed by atoms with Gasteiger partial charge in [-0.1, -0.05) is 30.7 Å². The molecule has 3 aromatic rings. The predicted octanol–water partition coefficient (Wildman–Crippen LogP) is 3.93. The maximum absolute atomic E-state index is 9.43. The van der Waals surface area contributed by atoms with Gasteiger partial charge in [0, 0.05) is 61.2 Å². The Morgan fingerprint density at radius 1 is 1.07 bits per heavy atom. The number of H-pyrrole nitrogens is 1. The van der Waals surface area contributed by atoms with Crippen LogP contribution in [0.15, 0.2) is 48.8 Å². The summed E-state index contributed by atoms with van der Waals surface area (Å²) in [6.07, 6.45) is 3.68. The average Bonchev–Trinajstić information content (AvgIpc) is 3.29. The number of halogens is 1. The van der Waals surface area contributed by atoms with Crippen LogP contribution in [-0.2, 0) is 0 Å². The topological polar surface area (TPSA) is 68.3 Å². The molecule has 2 aromatic heterocycles. The van der Waals surface area contributed by atoms with Crippen molar-refractivity contribution in [2.75, 3.05) is 37.7 Å². The first-order valence-corrected chi connectivity index (χ1v) is 10.8. The van der Waals surface area contributed by atoms with Gasteiger partial charge in [0.1, 0.15) is 11.6 Å². The number of rotatable bonds is 6. The number of aromatic nitrogens is 3. The lowest BCUT2D eigenvalue weighted by atomic mass is 10.0. The normalized spacial score (nSPS) is 17.1. The molecule has 6 nitrogen and oxygen atoms in total. The van der Waals surface area contributed by atoms with Gasteiger partial charge in [-0.15, -0.1) is 0 Å². The number of nitrogens with one attached hydrogen (secondary N) is 1. The standard InChI is InChI=1S/C23H28ClN5O/c1-16(15-30)17(2)28-8-10-29(11-9-28)22-13-19(6-7-25-22)23-26-14-21(27-23)18-4-3-5-20(24)12-18/h3-7,12-14,16-17,30H,8-11,15H2,1-2H3,(H,26,27). The number of benzene rings is 1. The van der Waals surface area contributed by atoms with Crippen molar-refractivity contribution in [3.8, 4) is 22.6 Å². The molecule has 0 aliphatic carbocycles. The molecule has 1 saturated heterocycles. The highest BCUT2D eigenvalue weighted by molar-refractivity contribution is 6.30. The molecule has 4 rings (SSSR count). The van der Waals surface area contributed by atoms with Gasteiger partial charge in [-0.05, 0) is 37.1 Å². The Morgan fingerprint density at radius 3 is 2.60 bits per heavy atom. The van der Waals surface area contributed by atoms with Crippen molar-refractivity contribution in [3.05, 3.63) is 53.8 Å². The number of piperazine rings is 1. The van der Waals surface area contributed by atoms with Crippen molar-refractivity contribution in [1.82, 2.24) is 19.9 Å². The first-order valence-electron chi connectivity index (χ1n) is 10.4. The predicted molar refractivity (Wildman–Crippen MR) is 122 cm³/mol. The summed E-state index contributed by atoms with van der Waals surface area (Å²) in [6, 6.07) is 12.2. The Bertz CT molecular complexity index is 983. The molecule has 7 heteroatoms. The van der Waals surface area contributed by atoms with Gasteiger partial charge in [-0.25, -0.2) is 9.97 Å². The van der Waals surface area contributed by atoms with Crippen LogP contribution < -0.4 is 4.90 Å². The third kappa shape index (κ3) is 4.51. The fourth-order valence-electron chi connectivity index (χ4n) is 3.88.